The van der Waals surface area contributed by atoms with Crippen molar-refractivity contribution in [3.63, 3.8) is 0 Å². The normalized spacial score (nSPS) is 10.9. The molecule has 0 unspecified atom stereocenters. The average Bonchev–Trinajstić information content (AvgIpc) is 2.40. The number of hydrogen-bond donors (Lipinski definition) is 4. The van der Waals surface area contributed by atoms with E-state index in [0.717, 1.165) is 12.7 Å². The molecule has 0 spiro atoms. The Morgan fingerprint density at radius 1 is 1.20 bits per heavy atom. The molecule has 1 aromatic rings. The van der Waals surface area contributed by atoms with Gasteiger partial charge in [-0.05, 0) is 18.5 Å². The Bertz CT molecular complexity index is 445. The molecule has 0 heterocycles. The van der Waals surface area contributed by atoms with Gasteiger partial charge in [-0.25, -0.2) is 0 Å². The summed E-state index contributed by atoms with van der Waals surface area (Å²) in [6, 6.07) is 6.17. The highest BCUT2D eigenvalue weighted by atomic mass is 16.4. The van der Waals surface area contributed by atoms with Crippen LogP contribution in [0.15, 0.2) is 24.3 Å². The summed E-state index contributed by atoms with van der Waals surface area (Å²) in [6.45, 7) is 0.653. The summed E-state index contributed by atoms with van der Waals surface area (Å²) in [5.41, 5.74) is 12.1. The molecule has 0 aliphatic carbocycles. The van der Waals surface area contributed by atoms with Gasteiger partial charge in [0, 0.05) is 5.56 Å². The summed E-state index contributed by atoms with van der Waals surface area (Å²) in [4.78, 5) is 29.9. The molecule has 1 aromatic carbocycles. The second-order valence-corrected chi connectivity index (χ2v) is 3.94. The first kappa shape index (κ1) is 17.8. The zero-order chi connectivity index (χ0) is 15.5. The van der Waals surface area contributed by atoms with E-state index in [1.165, 1.54) is 5.56 Å². The molecule has 20 heavy (non-hydrogen) atoms. The molecule has 0 bridgehead atoms. The molecule has 0 amide bonds. The monoisotopic (exact) mass is 282 g/mol. The summed E-state index contributed by atoms with van der Waals surface area (Å²) in [5, 5.41) is 16.0. The fourth-order valence-corrected chi connectivity index (χ4v) is 1.20. The van der Waals surface area contributed by atoms with Crippen molar-refractivity contribution in [3.8, 4) is 0 Å². The molecule has 0 saturated heterocycles. The summed E-state index contributed by atoms with van der Waals surface area (Å²) in [7, 11) is 0. The van der Waals surface area contributed by atoms with E-state index in [1.54, 1.807) is 12.1 Å². The number of rotatable bonds is 6. The Balaban J connectivity index is 0.000000370. The fourth-order valence-electron chi connectivity index (χ4n) is 1.20. The van der Waals surface area contributed by atoms with Crippen LogP contribution in [0.5, 0.6) is 0 Å². The van der Waals surface area contributed by atoms with E-state index >= 15 is 0 Å². The maximum absolute atomic E-state index is 10.3. The minimum atomic E-state index is -1.29. The molecule has 7 nitrogen and oxygen atoms in total. The summed E-state index contributed by atoms with van der Waals surface area (Å²) in [6.07, 6.45) is 1.18. The van der Waals surface area contributed by atoms with E-state index in [2.05, 4.69) is 0 Å². The zero-order valence-corrected chi connectivity index (χ0v) is 10.9. The van der Waals surface area contributed by atoms with Gasteiger partial charge in [-0.1, -0.05) is 24.3 Å². The molecule has 1 rings (SSSR count). The largest absolute Gasteiger partial charge is 0.481 e. The van der Waals surface area contributed by atoms with Crippen molar-refractivity contribution in [1.82, 2.24) is 0 Å². The Labute approximate surface area is 116 Å². The van der Waals surface area contributed by atoms with Crippen LogP contribution in [0.3, 0.4) is 0 Å². The van der Waals surface area contributed by atoms with Crippen LogP contribution < -0.4 is 11.5 Å². The number of carbonyl (C=O) groups is 3. The highest BCUT2D eigenvalue weighted by Gasteiger charge is 2.14. The first-order chi connectivity index (χ1) is 9.40. The molecule has 0 fully saturated rings. The minimum Gasteiger partial charge on any atom is -0.481 e. The predicted octanol–water partition coefficient (Wildman–Crippen LogP) is -0.127. The highest BCUT2D eigenvalue weighted by molar-refractivity contribution is 5.80. The van der Waals surface area contributed by atoms with Gasteiger partial charge >= 0.3 is 11.9 Å². The molecule has 0 aliphatic heterocycles. The lowest BCUT2D eigenvalue weighted by molar-refractivity contribution is -0.144. The summed E-state index contributed by atoms with van der Waals surface area (Å²) < 4.78 is 0. The van der Waals surface area contributed by atoms with Crippen LogP contribution in [-0.4, -0.2) is 41.0 Å². The van der Waals surface area contributed by atoms with Crippen molar-refractivity contribution in [2.75, 3.05) is 6.54 Å². The van der Waals surface area contributed by atoms with Gasteiger partial charge in [-0.3, -0.25) is 14.4 Å². The van der Waals surface area contributed by atoms with Crippen molar-refractivity contribution in [3.05, 3.63) is 35.4 Å². The van der Waals surface area contributed by atoms with Gasteiger partial charge in [-0.15, -0.1) is 0 Å². The highest BCUT2D eigenvalue weighted by Crippen LogP contribution is 2.01. The van der Waals surface area contributed by atoms with E-state index in [0.29, 0.717) is 12.1 Å². The van der Waals surface area contributed by atoms with Crippen LogP contribution in [0.1, 0.15) is 22.3 Å². The van der Waals surface area contributed by atoms with E-state index in [9.17, 15) is 14.4 Å². The number of carboxylic acid groups (broad SMARTS) is 2. The summed E-state index contributed by atoms with van der Waals surface area (Å²) >= 11 is 0. The molecular weight excluding hydrogens is 264 g/mol. The number of hydrogen-bond acceptors (Lipinski definition) is 5. The van der Waals surface area contributed by atoms with Crippen LogP contribution in [0.4, 0.5) is 0 Å². The SMILES string of the molecule is NCCc1ccc(C=O)cc1.N[C@@H](CC(=O)O)C(=O)O. The van der Waals surface area contributed by atoms with Crippen molar-refractivity contribution in [2.45, 2.75) is 18.9 Å². The lowest BCUT2D eigenvalue weighted by Gasteiger charge is -1.99. The number of benzene rings is 1. The second-order valence-electron chi connectivity index (χ2n) is 3.94. The Hall–Kier alpha value is -2.25. The lowest BCUT2D eigenvalue weighted by atomic mass is 10.1. The smallest absolute Gasteiger partial charge is 0.321 e. The van der Waals surface area contributed by atoms with Gasteiger partial charge in [-0.2, -0.15) is 0 Å². The van der Waals surface area contributed by atoms with E-state index in [1.807, 2.05) is 12.1 Å². The maximum atomic E-state index is 10.3. The number of carboxylic acids is 2. The molecule has 0 aliphatic rings. The first-order valence-electron chi connectivity index (χ1n) is 5.85. The van der Waals surface area contributed by atoms with Crippen molar-refractivity contribution in [2.24, 2.45) is 11.5 Å². The van der Waals surface area contributed by atoms with Gasteiger partial charge in [0.2, 0.25) is 0 Å². The summed E-state index contributed by atoms with van der Waals surface area (Å²) in [5.74, 6) is -2.50. The molecule has 7 heteroatoms. The fraction of sp³-hybridized carbons (Fsp3) is 0.308. The Morgan fingerprint density at radius 3 is 2.05 bits per heavy atom. The number of nitrogens with two attached hydrogens (primary N) is 2. The van der Waals surface area contributed by atoms with Crippen LogP contribution in [0.25, 0.3) is 0 Å². The predicted molar refractivity (Wildman–Crippen MR) is 72.5 cm³/mol. The van der Waals surface area contributed by atoms with Crippen LogP contribution in [-0.2, 0) is 16.0 Å². The van der Waals surface area contributed by atoms with Gasteiger partial charge in [0.05, 0.1) is 6.42 Å². The minimum absolute atomic E-state index is 0.532. The van der Waals surface area contributed by atoms with E-state index < -0.39 is 24.4 Å². The zero-order valence-electron chi connectivity index (χ0n) is 10.9. The topological polar surface area (TPSA) is 144 Å². The maximum Gasteiger partial charge on any atom is 0.321 e. The van der Waals surface area contributed by atoms with Crippen LogP contribution >= 0.6 is 0 Å². The quantitative estimate of drug-likeness (QED) is 0.532. The van der Waals surface area contributed by atoms with Crippen LogP contribution in [0.2, 0.25) is 0 Å². The van der Waals surface area contributed by atoms with Gasteiger partial charge < -0.3 is 21.7 Å². The first-order valence-corrected chi connectivity index (χ1v) is 5.85. The molecule has 6 N–H and O–H groups in total. The number of aldehydes is 1. The number of carbonyl (C=O) groups excluding carboxylic acids is 1. The third kappa shape index (κ3) is 7.96. The van der Waals surface area contributed by atoms with Crippen molar-refractivity contribution < 1.29 is 24.6 Å². The Kier molecular flexibility index (Phi) is 8.56. The van der Waals surface area contributed by atoms with E-state index in [4.69, 9.17) is 21.7 Å². The third-order valence-corrected chi connectivity index (χ3v) is 2.26. The third-order valence-electron chi connectivity index (χ3n) is 2.26. The van der Waals surface area contributed by atoms with Crippen LogP contribution in [0, 0.1) is 0 Å². The molecule has 0 radical (unpaired) electrons. The molecule has 0 aromatic heterocycles. The van der Waals surface area contributed by atoms with Gasteiger partial charge in [0.1, 0.15) is 12.3 Å². The average molecular weight is 282 g/mol. The molecule has 1 atom stereocenters. The Morgan fingerprint density at radius 2 is 1.75 bits per heavy atom. The lowest BCUT2D eigenvalue weighted by Crippen LogP contribution is -2.32. The van der Waals surface area contributed by atoms with Gasteiger partial charge in [0.25, 0.3) is 0 Å². The number of aliphatic carboxylic acids is 2. The van der Waals surface area contributed by atoms with Crippen molar-refractivity contribution in [1.29, 1.82) is 0 Å². The second kappa shape index (κ2) is 9.65. The molecule has 0 saturated carbocycles. The van der Waals surface area contributed by atoms with Gasteiger partial charge in [0.15, 0.2) is 0 Å². The molecular formula is C13H18N2O5. The standard InChI is InChI=1S/C9H11NO.C4H7NO4/c10-6-5-8-1-3-9(7-11)4-2-8;5-2(4(8)9)1-3(6)7/h1-4,7H,5-6,10H2;2H,1,5H2,(H,6,7)(H,8,9)/t;2-/m.0/s1. The van der Waals surface area contributed by atoms with Crippen molar-refractivity contribution >= 4 is 18.2 Å². The van der Waals surface area contributed by atoms with E-state index in [-0.39, 0.29) is 0 Å². The molecule has 110 valence electrons.